The van der Waals surface area contributed by atoms with E-state index in [1.807, 2.05) is 0 Å². The summed E-state index contributed by atoms with van der Waals surface area (Å²) in [5.74, 6) is -1.13. The molecule has 0 aliphatic carbocycles. The molecule has 0 aliphatic heterocycles. The van der Waals surface area contributed by atoms with Gasteiger partial charge in [-0.05, 0) is 0 Å². The zero-order chi connectivity index (χ0) is 13.1. The van der Waals surface area contributed by atoms with E-state index in [1.165, 1.54) is 0 Å². The maximum Gasteiger partial charge on any atom is 0.574 e. The Bertz CT molecular complexity index is 454. The van der Waals surface area contributed by atoms with Gasteiger partial charge in [0.2, 0.25) is 5.88 Å². The highest BCUT2D eigenvalue weighted by Gasteiger charge is 2.33. The average Bonchev–Trinajstić information content (AvgIpc) is 2.21. The highest BCUT2D eigenvalue weighted by atomic mass is 19.4. The number of nitrogens with zero attached hydrogens (tertiary/aromatic N) is 2. The van der Waals surface area contributed by atoms with Crippen LogP contribution in [0.4, 0.5) is 13.2 Å². The molecule has 0 saturated heterocycles. The first-order chi connectivity index (χ1) is 7.89. The molecule has 0 amide bonds. The molecule has 17 heavy (non-hydrogen) atoms. The summed E-state index contributed by atoms with van der Waals surface area (Å²) in [5, 5.41) is 17.9. The predicted octanol–water partition coefficient (Wildman–Crippen LogP) is 1.21. The van der Waals surface area contributed by atoms with E-state index in [0.717, 1.165) is 6.20 Å². The Morgan fingerprint density at radius 2 is 2.12 bits per heavy atom. The second-order valence-corrected chi connectivity index (χ2v) is 2.99. The minimum Gasteiger partial charge on any atom is -0.506 e. The lowest BCUT2D eigenvalue weighted by molar-refractivity contribution is -0.276. The highest BCUT2D eigenvalue weighted by Crippen LogP contribution is 2.30. The molecule has 0 unspecified atom stereocenters. The van der Waals surface area contributed by atoms with Gasteiger partial charge in [-0.25, -0.2) is 4.98 Å². The van der Waals surface area contributed by atoms with E-state index in [1.54, 1.807) is 6.07 Å². The van der Waals surface area contributed by atoms with Gasteiger partial charge in [0.25, 0.3) is 0 Å². The molecule has 92 valence electrons. The molecular weight excluding hydrogens is 239 g/mol. The minimum absolute atomic E-state index is 0.00995. The Morgan fingerprint density at radius 1 is 1.47 bits per heavy atom. The van der Waals surface area contributed by atoms with E-state index in [0.29, 0.717) is 0 Å². The molecule has 0 fully saturated rings. The first-order valence-electron chi connectivity index (χ1n) is 4.41. The molecule has 0 radical (unpaired) electrons. The van der Waals surface area contributed by atoms with E-state index >= 15 is 0 Å². The van der Waals surface area contributed by atoms with E-state index in [4.69, 9.17) is 11.0 Å². The van der Waals surface area contributed by atoms with Crippen LogP contribution in [0.3, 0.4) is 0 Å². The second-order valence-electron chi connectivity index (χ2n) is 2.99. The van der Waals surface area contributed by atoms with Gasteiger partial charge in [0.15, 0.2) is 0 Å². The molecule has 0 aromatic carbocycles. The molecule has 3 N–H and O–H groups in total. The number of ether oxygens (including phenoxy) is 1. The van der Waals surface area contributed by atoms with Crippen LogP contribution in [0.5, 0.6) is 11.6 Å². The van der Waals surface area contributed by atoms with Crippen molar-refractivity contribution in [2.24, 2.45) is 5.73 Å². The van der Waals surface area contributed by atoms with Gasteiger partial charge in [0, 0.05) is 17.7 Å². The van der Waals surface area contributed by atoms with Crippen molar-refractivity contribution >= 4 is 0 Å². The van der Waals surface area contributed by atoms with Crippen LogP contribution < -0.4 is 10.5 Å². The van der Waals surface area contributed by atoms with Crippen LogP contribution in [-0.2, 0) is 13.0 Å². The summed E-state index contributed by atoms with van der Waals surface area (Å²) in [5.41, 5.74) is 5.12. The number of aromatic nitrogens is 1. The van der Waals surface area contributed by atoms with Crippen LogP contribution in [-0.4, -0.2) is 16.5 Å². The summed E-state index contributed by atoms with van der Waals surface area (Å²) in [6, 6.07) is 1.71. The van der Waals surface area contributed by atoms with Gasteiger partial charge in [0.1, 0.15) is 5.75 Å². The van der Waals surface area contributed by atoms with Crippen molar-refractivity contribution in [3.63, 3.8) is 0 Å². The lowest BCUT2D eigenvalue weighted by Crippen LogP contribution is -2.20. The second kappa shape index (κ2) is 4.88. The number of rotatable bonds is 3. The fourth-order valence-corrected chi connectivity index (χ4v) is 1.24. The standard InChI is InChI=1S/C9H8F3N3O2/c10-9(11,12)17-8-6(3-14)5(1-2-13)7(16)4-15-8/h4,16H,1,3,14H2. The van der Waals surface area contributed by atoms with E-state index < -0.39 is 12.2 Å². The van der Waals surface area contributed by atoms with E-state index in [9.17, 15) is 18.3 Å². The summed E-state index contributed by atoms with van der Waals surface area (Å²) in [7, 11) is 0. The van der Waals surface area contributed by atoms with Crippen molar-refractivity contribution in [3.05, 3.63) is 17.3 Å². The first kappa shape index (κ1) is 13.1. The number of hydrogen-bond donors (Lipinski definition) is 2. The van der Waals surface area contributed by atoms with Crippen LogP contribution in [0.15, 0.2) is 6.20 Å². The van der Waals surface area contributed by atoms with Crippen LogP contribution in [0.2, 0.25) is 0 Å². The zero-order valence-electron chi connectivity index (χ0n) is 8.45. The van der Waals surface area contributed by atoms with Crippen LogP contribution in [0, 0.1) is 11.3 Å². The van der Waals surface area contributed by atoms with Gasteiger partial charge in [0.05, 0.1) is 18.7 Å². The molecule has 0 saturated carbocycles. The largest absolute Gasteiger partial charge is 0.574 e. The first-order valence-corrected chi connectivity index (χ1v) is 4.41. The number of nitriles is 1. The molecule has 0 aliphatic rings. The Morgan fingerprint density at radius 3 is 2.59 bits per heavy atom. The molecule has 1 rings (SSSR count). The van der Waals surface area contributed by atoms with E-state index in [-0.39, 0.29) is 29.8 Å². The molecule has 1 heterocycles. The van der Waals surface area contributed by atoms with Crippen LogP contribution >= 0.6 is 0 Å². The van der Waals surface area contributed by atoms with Crippen molar-refractivity contribution in [1.29, 1.82) is 5.26 Å². The van der Waals surface area contributed by atoms with Crippen molar-refractivity contribution < 1.29 is 23.0 Å². The maximum absolute atomic E-state index is 12.0. The third-order valence-electron chi connectivity index (χ3n) is 1.91. The molecule has 0 atom stereocenters. The smallest absolute Gasteiger partial charge is 0.506 e. The van der Waals surface area contributed by atoms with Gasteiger partial charge < -0.3 is 15.6 Å². The SMILES string of the molecule is N#CCc1c(O)cnc(OC(F)(F)F)c1CN. The fourth-order valence-electron chi connectivity index (χ4n) is 1.24. The molecule has 1 aromatic rings. The number of hydrogen-bond acceptors (Lipinski definition) is 5. The number of halogens is 3. The lowest BCUT2D eigenvalue weighted by Gasteiger charge is -2.14. The molecule has 0 spiro atoms. The molecule has 8 heteroatoms. The Hall–Kier alpha value is -2.01. The van der Waals surface area contributed by atoms with Gasteiger partial charge in [-0.3, -0.25) is 0 Å². The predicted molar refractivity (Wildman–Crippen MR) is 49.8 cm³/mol. The third kappa shape index (κ3) is 3.22. The average molecular weight is 247 g/mol. The Kier molecular flexibility index (Phi) is 3.75. The normalized spacial score (nSPS) is 11.0. The molecule has 1 aromatic heterocycles. The van der Waals surface area contributed by atoms with Crippen molar-refractivity contribution in [3.8, 4) is 17.7 Å². The van der Waals surface area contributed by atoms with Gasteiger partial charge in [-0.2, -0.15) is 5.26 Å². The number of pyridine rings is 1. The topological polar surface area (TPSA) is 92.2 Å². The Balaban J connectivity index is 3.24. The van der Waals surface area contributed by atoms with Gasteiger partial charge in [-0.1, -0.05) is 0 Å². The molecular formula is C9H8F3N3O2. The quantitative estimate of drug-likeness (QED) is 0.837. The summed E-state index contributed by atoms with van der Waals surface area (Å²) in [6.45, 7) is -0.330. The third-order valence-corrected chi connectivity index (χ3v) is 1.91. The number of nitrogens with two attached hydrogens (primary N) is 1. The summed E-state index contributed by atoms with van der Waals surface area (Å²) >= 11 is 0. The number of alkyl halides is 3. The van der Waals surface area contributed by atoms with Crippen molar-refractivity contribution in [2.45, 2.75) is 19.3 Å². The maximum atomic E-state index is 12.0. The van der Waals surface area contributed by atoms with Crippen LogP contribution in [0.1, 0.15) is 11.1 Å². The summed E-state index contributed by atoms with van der Waals surface area (Å²) < 4.78 is 39.8. The van der Waals surface area contributed by atoms with Crippen molar-refractivity contribution in [1.82, 2.24) is 4.98 Å². The van der Waals surface area contributed by atoms with Gasteiger partial charge in [-0.15, -0.1) is 13.2 Å². The summed E-state index contributed by atoms with van der Waals surface area (Å²) in [6.07, 6.45) is -4.40. The summed E-state index contributed by atoms with van der Waals surface area (Å²) in [4.78, 5) is 3.30. The number of aromatic hydroxyl groups is 1. The van der Waals surface area contributed by atoms with Gasteiger partial charge >= 0.3 is 6.36 Å². The molecule has 0 bridgehead atoms. The minimum atomic E-state index is -4.90. The fraction of sp³-hybridized carbons (Fsp3) is 0.333. The Labute approximate surface area is 94.2 Å². The lowest BCUT2D eigenvalue weighted by atomic mass is 10.1. The zero-order valence-corrected chi connectivity index (χ0v) is 8.45. The highest BCUT2D eigenvalue weighted by molar-refractivity contribution is 5.44. The van der Waals surface area contributed by atoms with Crippen molar-refractivity contribution in [2.75, 3.05) is 0 Å². The van der Waals surface area contributed by atoms with E-state index in [2.05, 4.69) is 9.72 Å². The monoisotopic (exact) mass is 247 g/mol. The molecule has 5 nitrogen and oxygen atoms in total. The van der Waals surface area contributed by atoms with Crippen LogP contribution in [0.25, 0.3) is 0 Å².